The fourth-order valence-electron chi connectivity index (χ4n) is 3.73. The summed E-state index contributed by atoms with van der Waals surface area (Å²) in [7, 11) is 2.09. The van der Waals surface area contributed by atoms with Gasteiger partial charge in [-0.1, -0.05) is 55.5 Å². The minimum Gasteiger partial charge on any atom is -0.354 e. The number of rotatable bonds is 8. The predicted molar refractivity (Wildman–Crippen MR) is 112 cm³/mol. The molecule has 0 bridgehead atoms. The van der Waals surface area contributed by atoms with Crippen LogP contribution < -0.4 is 10.2 Å². The first kappa shape index (κ1) is 20.1. The van der Waals surface area contributed by atoms with E-state index >= 15 is 0 Å². The van der Waals surface area contributed by atoms with Crippen LogP contribution >= 0.6 is 0 Å². The lowest BCUT2D eigenvalue weighted by Gasteiger charge is -2.24. The van der Waals surface area contributed by atoms with E-state index < -0.39 is 6.04 Å². The first-order valence-corrected chi connectivity index (χ1v) is 10.00. The van der Waals surface area contributed by atoms with Crippen LogP contribution in [0.1, 0.15) is 30.9 Å². The van der Waals surface area contributed by atoms with Gasteiger partial charge in [-0.2, -0.15) is 0 Å². The number of hydrogen-bond acceptors (Lipinski definition) is 3. The smallest absolute Gasteiger partial charge is 0.243 e. The highest BCUT2D eigenvalue weighted by Gasteiger charge is 2.37. The molecule has 1 aliphatic rings. The minimum absolute atomic E-state index is 0.00676. The fourth-order valence-corrected chi connectivity index (χ4v) is 3.73. The third-order valence-corrected chi connectivity index (χ3v) is 5.16. The van der Waals surface area contributed by atoms with E-state index in [1.165, 1.54) is 5.56 Å². The summed E-state index contributed by atoms with van der Waals surface area (Å²) in [4.78, 5) is 29.1. The summed E-state index contributed by atoms with van der Waals surface area (Å²) in [5.41, 5.74) is 3.22. The molecular weight excluding hydrogens is 350 g/mol. The second kappa shape index (κ2) is 9.51. The topological polar surface area (TPSA) is 52.7 Å². The molecule has 0 aliphatic carbocycles. The van der Waals surface area contributed by atoms with Crippen LogP contribution in [0.3, 0.4) is 0 Å². The van der Waals surface area contributed by atoms with Crippen molar-refractivity contribution < 1.29 is 9.59 Å². The number of carbonyl (C=O) groups is 2. The summed E-state index contributed by atoms with van der Waals surface area (Å²) in [6, 6.07) is 17.7. The van der Waals surface area contributed by atoms with E-state index in [-0.39, 0.29) is 11.8 Å². The Morgan fingerprint density at radius 3 is 2.57 bits per heavy atom. The van der Waals surface area contributed by atoms with Gasteiger partial charge in [0.25, 0.3) is 0 Å². The average molecular weight is 380 g/mol. The van der Waals surface area contributed by atoms with Gasteiger partial charge in [0.15, 0.2) is 0 Å². The Kier molecular flexibility index (Phi) is 6.82. The molecule has 2 aromatic rings. The van der Waals surface area contributed by atoms with Gasteiger partial charge in [0, 0.05) is 31.6 Å². The molecule has 148 valence electrons. The summed E-state index contributed by atoms with van der Waals surface area (Å²) in [5, 5.41) is 3.03. The van der Waals surface area contributed by atoms with Crippen molar-refractivity contribution in [1.82, 2.24) is 10.2 Å². The molecule has 1 aliphatic heterocycles. The summed E-state index contributed by atoms with van der Waals surface area (Å²) in [6.45, 7) is 4.24. The predicted octanol–water partition coefficient (Wildman–Crippen LogP) is 2.99. The Balaban J connectivity index is 1.48. The van der Waals surface area contributed by atoms with Crippen LogP contribution in [-0.4, -0.2) is 42.9 Å². The van der Waals surface area contributed by atoms with Crippen LogP contribution in [0.5, 0.6) is 0 Å². The van der Waals surface area contributed by atoms with Gasteiger partial charge < -0.3 is 10.2 Å². The van der Waals surface area contributed by atoms with Crippen LogP contribution in [0.2, 0.25) is 0 Å². The van der Waals surface area contributed by atoms with Gasteiger partial charge in [0.2, 0.25) is 11.8 Å². The van der Waals surface area contributed by atoms with E-state index in [1.807, 2.05) is 49.4 Å². The lowest BCUT2D eigenvalue weighted by Crippen LogP contribution is -2.48. The van der Waals surface area contributed by atoms with Gasteiger partial charge in [-0.15, -0.1) is 0 Å². The van der Waals surface area contributed by atoms with Gasteiger partial charge in [-0.05, 0) is 37.2 Å². The van der Waals surface area contributed by atoms with Crippen molar-refractivity contribution in [2.45, 2.75) is 38.8 Å². The zero-order valence-corrected chi connectivity index (χ0v) is 16.7. The molecule has 2 amide bonds. The molecule has 28 heavy (non-hydrogen) atoms. The SMILES string of the molecule is CCC(=O)N1c2ccccc2C[C@H]1C(=O)NCCCN(C)Cc1ccccc1. The molecule has 0 saturated carbocycles. The van der Waals surface area contributed by atoms with Crippen molar-refractivity contribution in [2.24, 2.45) is 0 Å². The second-order valence-electron chi connectivity index (χ2n) is 7.33. The van der Waals surface area contributed by atoms with Crippen molar-refractivity contribution in [3.8, 4) is 0 Å². The average Bonchev–Trinajstić information content (AvgIpc) is 3.11. The quantitative estimate of drug-likeness (QED) is 0.718. The summed E-state index contributed by atoms with van der Waals surface area (Å²) < 4.78 is 0. The molecule has 0 radical (unpaired) electrons. The normalized spacial score (nSPS) is 15.5. The van der Waals surface area contributed by atoms with Crippen molar-refractivity contribution in [1.29, 1.82) is 0 Å². The molecule has 5 nitrogen and oxygen atoms in total. The molecule has 0 unspecified atom stereocenters. The molecule has 1 N–H and O–H groups in total. The highest BCUT2D eigenvalue weighted by atomic mass is 16.2. The number of carbonyl (C=O) groups excluding carboxylic acids is 2. The lowest BCUT2D eigenvalue weighted by atomic mass is 10.1. The Morgan fingerprint density at radius 2 is 1.82 bits per heavy atom. The Labute approximate surface area is 167 Å². The zero-order chi connectivity index (χ0) is 19.9. The van der Waals surface area contributed by atoms with Gasteiger partial charge in [0.1, 0.15) is 6.04 Å². The maximum Gasteiger partial charge on any atom is 0.243 e. The van der Waals surface area contributed by atoms with Crippen molar-refractivity contribution in [2.75, 3.05) is 25.0 Å². The molecule has 0 saturated heterocycles. The monoisotopic (exact) mass is 379 g/mol. The van der Waals surface area contributed by atoms with E-state index in [4.69, 9.17) is 0 Å². The zero-order valence-electron chi connectivity index (χ0n) is 16.7. The number of nitrogens with zero attached hydrogens (tertiary/aromatic N) is 2. The molecule has 0 spiro atoms. The first-order valence-electron chi connectivity index (χ1n) is 10.00. The lowest BCUT2D eigenvalue weighted by molar-refractivity contribution is -0.126. The van der Waals surface area contributed by atoms with Gasteiger partial charge in [0.05, 0.1) is 0 Å². The Hall–Kier alpha value is -2.66. The molecule has 5 heteroatoms. The third kappa shape index (κ3) is 4.78. The van der Waals surface area contributed by atoms with Crippen molar-refractivity contribution in [3.63, 3.8) is 0 Å². The molecule has 1 heterocycles. The van der Waals surface area contributed by atoms with Crippen LogP contribution in [-0.2, 0) is 22.6 Å². The molecule has 0 fully saturated rings. The van der Waals surface area contributed by atoms with Crippen LogP contribution in [0.15, 0.2) is 54.6 Å². The largest absolute Gasteiger partial charge is 0.354 e. The first-order chi connectivity index (χ1) is 13.6. The van der Waals surface area contributed by atoms with Crippen LogP contribution in [0, 0.1) is 0 Å². The Bertz CT molecular complexity index is 807. The number of anilines is 1. The van der Waals surface area contributed by atoms with Crippen LogP contribution in [0.4, 0.5) is 5.69 Å². The van der Waals surface area contributed by atoms with E-state index in [9.17, 15) is 9.59 Å². The Morgan fingerprint density at radius 1 is 1.11 bits per heavy atom. The number of amides is 2. The molecule has 0 aromatic heterocycles. The minimum atomic E-state index is -0.438. The highest BCUT2D eigenvalue weighted by molar-refractivity contribution is 6.03. The number of nitrogens with one attached hydrogen (secondary N) is 1. The standard InChI is InChI=1S/C23H29N3O2/c1-3-22(27)26-20-13-8-7-12-19(20)16-21(26)23(28)24-14-9-15-25(2)17-18-10-5-4-6-11-18/h4-8,10-13,21H,3,9,14-17H2,1-2H3,(H,24,28)/t21-/m0/s1. The third-order valence-electron chi connectivity index (χ3n) is 5.16. The number of hydrogen-bond donors (Lipinski definition) is 1. The summed E-state index contributed by atoms with van der Waals surface area (Å²) in [6.07, 6.45) is 1.85. The van der Waals surface area contributed by atoms with Crippen molar-refractivity contribution >= 4 is 17.5 Å². The van der Waals surface area contributed by atoms with E-state index in [0.717, 1.165) is 30.8 Å². The van der Waals surface area contributed by atoms with E-state index in [0.29, 0.717) is 19.4 Å². The highest BCUT2D eigenvalue weighted by Crippen LogP contribution is 2.32. The number of benzene rings is 2. The number of fused-ring (bicyclic) bond motifs is 1. The molecule has 1 atom stereocenters. The van der Waals surface area contributed by atoms with E-state index in [1.54, 1.807) is 4.90 Å². The van der Waals surface area contributed by atoms with Gasteiger partial charge >= 0.3 is 0 Å². The second-order valence-corrected chi connectivity index (χ2v) is 7.33. The molecule has 2 aromatic carbocycles. The molecule has 3 rings (SSSR count). The fraction of sp³-hybridized carbons (Fsp3) is 0.391. The summed E-state index contributed by atoms with van der Waals surface area (Å²) in [5.74, 6) is -0.0728. The summed E-state index contributed by atoms with van der Waals surface area (Å²) >= 11 is 0. The van der Waals surface area contributed by atoms with Gasteiger partial charge in [-0.25, -0.2) is 0 Å². The molecular formula is C23H29N3O2. The van der Waals surface area contributed by atoms with Gasteiger partial charge in [-0.3, -0.25) is 14.5 Å². The van der Waals surface area contributed by atoms with Crippen molar-refractivity contribution in [3.05, 3.63) is 65.7 Å². The number of para-hydroxylation sites is 1. The van der Waals surface area contributed by atoms with E-state index in [2.05, 4.69) is 29.4 Å². The van der Waals surface area contributed by atoms with Crippen LogP contribution in [0.25, 0.3) is 0 Å². The maximum absolute atomic E-state index is 12.8. The maximum atomic E-state index is 12.8.